The summed E-state index contributed by atoms with van der Waals surface area (Å²) in [6.07, 6.45) is 5.68. The molecule has 0 aromatic heterocycles. The fourth-order valence-corrected chi connectivity index (χ4v) is 4.48. The molecule has 5 nitrogen and oxygen atoms in total. The van der Waals surface area contributed by atoms with Gasteiger partial charge in [0, 0.05) is 42.4 Å². The van der Waals surface area contributed by atoms with Crippen LogP contribution >= 0.6 is 15.9 Å². The number of piperidine rings is 2. The second kappa shape index (κ2) is 9.49. The summed E-state index contributed by atoms with van der Waals surface area (Å²) in [5.41, 5.74) is 2.28. The van der Waals surface area contributed by atoms with Gasteiger partial charge < -0.3 is 15.0 Å². The van der Waals surface area contributed by atoms with Gasteiger partial charge in [0.1, 0.15) is 5.60 Å². The van der Waals surface area contributed by atoms with Crippen LogP contribution in [0.1, 0.15) is 58.4 Å². The third-order valence-corrected chi connectivity index (χ3v) is 5.86. The number of carbonyl (C=O) groups excluding carboxylic acids is 1. The van der Waals surface area contributed by atoms with E-state index in [0.717, 1.165) is 50.0 Å². The van der Waals surface area contributed by atoms with Gasteiger partial charge in [-0.2, -0.15) is 0 Å². The van der Waals surface area contributed by atoms with Crippen LogP contribution in [0.25, 0.3) is 0 Å². The van der Waals surface area contributed by atoms with Crippen molar-refractivity contribution in [2.45, 2.75) is 71.1 Å². The van der Waals surface area contributed by atoms with Crippen molar-refractivity contribution >= 4 is 27.7 Å². The minimum Gasteiger partial charge on any atom is -0.444 e. The maximum absolute atomic E-state index is 12.1. The second-order valence-electron chi connectivity index (χ2n) is 9.04. The molecule has 2 heterocycles. The van der Waals surface area contributed by atoms with E-state index >= 15 is 0 Å². The summed E-state index contributed by atoms with van der Waals surface area (Å²) >= 11 is 3.65. The van der Waals surface area contributed by atoms with E-state index in [2.05, 4.69) is 49.2 Å². The molecule has 28 heavy (non-hydrogen) atoms. The lowest BCUT2D eigenvalue weighted by atomic mass is 10.0. The van der Waals surface area contributed by atoms with Crippen LogP contribution in [0.15, 0.2) is 22.7 Å². The molecule has 2 aliphatic rings. The fraction of sp³-hybridized carbons (Fsp3) is 0.682. The van der Waals surface area contributed by atoms with E-state index in [1.807, 2.05) is 20.8 Å². The first-order chi connectivity index (χ1) is 13.3. The summed E-state index contributed by atoms with van der Waals surface area (Å²) in [6, 6.07) is 6.81. The summed E-state index contributed by atoms with van der Waals surface area (Å²) < 4.78 is 6.56. The van der Waals surface area contributed by atoms with Crippen LogP contribution in [0.5, 0.6) is 0 Å². The minimum atomic E-state index is -0.459. The SMILES string of the molecule is CC(C)(C)OC(=O)NC1CCCN(Cc2ccc(Br)cc2N2CCCCC2)C1. The second-order valence-corrected chi connectivity index (χ2v) is 9.96. The van der Waals surface area contributed by atoms with E-state index in [0.29, 0.717) is 0 Å². The predicted octanol–water partition coefficient (Wildman–Crippen LogP) is 4.93. The number of rotatable bonds is 4. The Labute approximate surface area is 177 Å². The summed E-state index contributed by atoms with van der Waals surface area (Å²) in [7, 11) is 0. The number of nitrogens with zero attached hydrogens (tertiary/aromatic N) is 2. The Morgan fingerprint density at radius 3 is 2.64 bits per heavy atom. The average molecular weight is 452 g/mol. The van der Waals surface area contributed by atoms with Gasteiger partial charge in [-0.3, -0.25) is 4.90 Å². The van der Waals surface area contributed by atoms with Gasteiger partial charge in [-0.25, -0.2) is 4.79 Å². The van der Waals surface area contributed by atoms with Crippen LogP contribution in [0, 0.1) is 0 Å². The Morgan fingerprint density at radius 1 is 1.18 bits per heavy atom. The molecule has 6 heteroatoms. The average Bonchev–Trinajstić information content (AvgIpc) is 2.62. The monoisotopic (exact) mass is 451 g/mol. The molecule has 156 valence electrons. The van der Waals surface area contributed by atoms with E-state index < -0.39 is 5.60 Å². The van der Waals surface area contributed by atoms with Crippen molar-refractivity contribution in [1.82, 2.24) is 10.2 Å². The van der Waals surface area contributed by atoms with Crippen LogP contribution in [-0.2, 0) is 11.3 Å². The Hall–Kier alpha value is -1.27. The molecule has 0 radical (unpaired) electrons. The van der Waals surface area contributed by atoms with Gasteiger partial charge in [0.25, 0.3) is 0 Å². The lowest BCUT2D eigenvalue weighted by Crippen LogP contribution is -2.48. The van der Waals surface area contributed by atoms with Crippen molar-refractivity contribution in [3.05, 3.63) is 28.2 Å². The van der Waals surface area contributed by atoms with Gasteiger partial charge >= 0.3 is 6.09 Å². The molecule has 1 aromatic carbocycles. The maximum atomic E-state index is 12.1. The van der Waals surface area contributed by atoms with E-state index in [4.69, 9.17) is 4.74 Å². The van der Waals surface area contributed by atoms with Gasteiger partial charge in [0.2, 0.25) is 0 Å². The first-order valence-electron chi connectivity index (χ1n) is 10.6. The van der Waals surface area contributed by atoms with E-state index in [-0.39, 0.29) is 12.1 Å². The fourth-order valence-electron chi connectivity index (χ4n) is 4.13. The van der Waals surface area contributed by atoms with Crippen molar-refractivity contribution in [3.63, 3.8) is 0 Å². The van der Waals surface area contributed by atoms with Crippen molar-refractivity contribution in [3.8, 4) is 0 Å². The Morgan fingerprint density at radius 2 is 1.93 bits per heavy atom. The van der Waals surface area contributed by atoms with Crippen LogP contribution in [0.3, 0.4) is 0 Å². The molecule has 2 fully saturated rings. The Balaban J connectivity index is 1.62. The highest BCUT2D eigenvalue weighted by Gasteiger charge is 2.25. The van der Waals surface area contributed by atoms with Gasteiger partial charge in [0.05, 0.1) is 0 Å². The molecule has 0 aliphatic carbocycles. The third kappa shape index (κ3) is 6.38. The number of benzene rings is 1. The lowest BCUT2D eigenvalue weighted by Gasteiger charge is -2.35. The van der Waals surface area contributed by atoms with Gasteiger partial charge in [-0.15, -0.1) is 0 Å². The molecule has 2 aliphatic heterocycles. The quantitative estimate of drug-likeness (QED) is 0.704. The van der Waals surface area contributed by atoms with Gasteiger partial charge in [-0.05, 0) is 77.1 Å². The third-order valence-electron chi connectivity index (χ3n) is 5.36. The molecule has 1 atom stereocenters. The molecule has 0 spiro atoms. The van der Waals surface area contributed by atoms with E-state index in [1.54, 1.807) is 0 Å². The number of alkyl carbamates (subject to hydrolysis) is 1. The van der Waals surface area contributed by atoms with E-state index in [9.17, 15) is 4.79 Å². The number of likely N-dealkylation sites (tertiary alicyclic amines) is 1. The van der Waals surface area contributed by atoms with Gasteiger partial charge in [0.15, 0.2) is 0 Å². The molecule has 2 saturated heterocycles. The number of carbonyl (C=O) groups is 1. The molecule has 3 rings (SSSR count). The lowest BCUT2D eigenvalue weighted by molar-refractivity contribution is 0.0470. The molecule has 0 saturated carbocycles. The van der Waals surface area contributed by atoms with Crippen molar-refractivity contribution in [2.75, 3.05) is 31.1 Å². The number of hydrogen-bond acceptors (Lipinski definition) is 4. The topological polar surface area (TPSA) is 44.8 Å². The standard InChI is InChI=1S/C22H34BrN3O2/c1-22(2,3)28-21(27)24-19-8-7-11-25(16-19)15-17-9-10-18(23)14-20(17)26-12-5-4-6-13-26/h9-10,14,19H,4-8,11-13,15-16H2,1-3H3,(H,24,27). The largest absolute Gasteiger partial charge is 0.444 e. The molecule has 0 bridgehead atoms. The van der Waals surface area contributed by atoms with Crippen molar-refractivity contribution in [1.29, 1.82) is 0 Å². The first-order valence-corrected chi connectivity index (χ1v) is 11.3. The normalized spacial score (nSPS) is 21.4. The zero-order valence-electron chi connectivity index (χ0n) is 17.5. The van der Waals surface area contributed by atoms with Crippen LogP contribution in [-0.4, -0.2) is 48.8 Å². The predicted molar refractivity (Wildman–Crippen MR) is 118 cm³/mol. The highest BCUT2D eigenvalue weighted by molar-refractivity contribution is 9.10. The molecule has 1 amide bonds. The van der Waals surface area contributed by atoms with Crippen molar-refractivity contribution in [2.24, 2.45) is 0 Å². The number of nitrogens with one attached hydrogen (secondary N) is 1. The summed E-state index contributed by atoms with van der Waals surface area (Å²) in [6.45, 7) is 10.8. The highest BCUT2D eigenvalue weighted by atomic mass is 79.9. The zero-order valence-corrected chi connectivity index (χ0v) is 19.1. The number of hydrogen-bond donors (Lipinski definition) is 1. The summed E-state index contributed by atoms with van der Waals surface area (Å²) in [4.78, 5) is 17.1. The summed E-state index contributed by atoms with van der Waals surface area (Å²) in [5.74, 6) is 0. The number of amides is 1. The number of ether oxygens (including phenoxy) is 1. The first kappa shape index (κ1) is 21.4. The Kier molecular flexibility index (Phi) is 7.26. The maximum Gasteiger partial charge on any atom is 0.407 e. The number of halogens is 1. The minimum absolute atomic E-state index is 0.150. The molecular weight excluding hydrogens is 418 g/mol. The smallest absolute Gasteiger partial charge is 0.407 e. The highest BCUT2D eigenvalue weighted by Crippen LogP contribution is 2.29. The van der Waals surface area contributed by atoms with E-state index in [1.165, 1.54) is 30.5 Å². The molecular formula is C22H34BrN3O2. The zero-order chi connectivity index (χ0) is 20.1. The molecule has 1 unspecified atom stereocenters. The van der Waals surface area contributed by atoms with Crippen LogP contribution in [0.2, 0.25) is 0 Å². The van der Waals surface area contributed by atoms with Crippen LogP contribution in [0.4, 0.5) is 10.5 Å². The van der Waals surface area contributed by atoms with Crippen molar-refractivity contribution < 1.29 is 9.53 Å². The van der Waals surface area contributed by atoms with Crippen LogP contribution < -0.4 is 10.2 Å². The molecule has 1 aromatic rings. The Bertz CT molecular complexity index is 668. The van der Waals surface area contributed by atoms with Gasteiger partial charge in [-0.1, -0.05) is 22.0 Å². The summed E-state index contributed by atoms with van der Waals surface area (Å²) in [5, 5.41) is 3.06. The number of anilines is 1. The molecule has 1 N–H and O–H groups in total.